The molecule has 1 aromatic carbocycles. The standard InChI is InChI=1S/C15H23NO2/c1-10-5-6-13(16)12(9-10)11(14(17)18)7-8-15(2,3)4/h5-6,9,11H,7-8,16H2,1-4H3,(H,17,18). The molecule has 1 unspecified atom stereocenters. The highest BCUT2D eigenvalue weighted by Gasteiger charge is 2.24. The summed E-state index contributed by atoms with van der Waals surface area (Å²) < 4.78 is 0. The average Bonchev–Trinajstić information content (AvgIpc) is 2.21. The van der Waals surface area contributed by atoms with E-state index in [4.69, 9.17) is 5.73 Å². The number of carbonyl (C=O) groups is 1. The molecule has 0 fully saturated rings. The Morgan fingerprint density at radius 1 is 1.39 bits per heavy atom. The molecule has 0 aliphatic heterocycles. The molecule has 0 aromatic heterocycles. The quantitative estimate of drug-likeness (QED) is 0.802. The van der Waals surface area contributed by atoms with Crippen LogP contribution in [0.2, 0.25) is 0 Å². The summed E-state index contributed by atoms with van der Waals surface area (Å²) in [5, 5.41) is 9.38. The van der Waals surface area contributed by atoms with Gasteiger partial charge in [0.05, 0.1) is 5.92 Å². The fraction of sp³-hybridized carbons (Fsp3) is 0.533. The van der Waals surface area contributed by atoms with Crippen LogP contribution < -0.4 is 5.73 Å². The number of aliphatic carboxylic acids is 1. The van der Waals surface area contributed by atoms with Crippen LogP contribution in [0.25, 0.3) is 0 Å². The number of benzene rings is 1. The average molecular weight is 249 g/mol. The van der Waals surface area contributed by atoms with Gasteiger partial charge in [-0.05, 0) is 36.8 Å². The van der Waals surface area contributed by atoms with Crippen molar-refractivity contribution in [3.63, 3.8) is 0 Å². The number of rotatable bonds is 4. The second kappa shape index (κ2) is 5.42. The van der Waals surface area contributed by atoms with Gasteiger partial charge in [0.15, 0.2) is 0 Å². The van der Waals surface area contributed by atoms with E-state index >= 15 is 0 Å². The predicted octanol–water partition coefficient (Wildman–Crippen LogP) is 3.57. The van der Waals surface area contributed by atoms with Gasteiger partial charge < -0.3 is 10.8 Å². The molecule has 18 heavy (non-hydrogen) atoms. The molecule has 0 bridgehead atoms. The highest BCUT2D eigenvalue weighted by atomic mass is 16.4. The van der Waals surface area contributed by atoms with Gasteiger partial charge in [0, 0.05) is 5.69 Å². The summed E-state index contributed by atoms with van der Waals surface area (Å²) in [5.74, 6) is -1.30. The number of hydrogen-bond donors (Lipinski definition) is 2. The third-order valence-electron chi connectivity index (χ3n) is 3.10. The summed E-state index contributed by atoms with van der Waals surface area (Å²) in [4.78, 5) is 11.4. The lowest BCUT2D eigenvalue weighted by Crippen LogP contribution is -2.17. The van der Waals surface area contributed by atoms with Gasteiger partial charge in [-0.2, -0.15) is 0 Å². The van der Waals surface area contributed by atoms with Crippen molar-refractivity contribution in [3.8, 4) is 0 Å². The van der Waals surface area contributed by atoms with Crippen molar-refractivity contribution in [1.82, 2.24) is 0 Å². The predicted molar refractivity (Wildman–Crippen MR) is 74.7 cm³/mol. The van der Waals surface area contributed by atoms with Crippen molar-refractivity contribution in [3.05, 3.63) is 29.3 Å². The number of carboxylic acids is 1. The van der Waals surface area contributed by atoms with E-state index in [0.717, 1.165) is 17.5 Å². The third-order valence-corrected chi connectivity index (χ3v) is 3.10. The Morgan fingerprint density at radius 2 is 2.00 bits per heavy atom. The molecule has 0 heterocycles. The van der Waals surface area contributed by atoms with Gasteiger partial charge in [0.1, 0.15) is 0 Å². The van der Waals surface area contributed by atoms with Crippen molar-refractivity contribution >= 4 is 11.7 Å². The highest BCUT2D eigenvalue weighted by molar-refractivity contribution is 5.78. The molecular weight excluding hydrogens is 226 g/mol. The third kappa shape index (κ3) is 4.06. The molecule has 0 saturated carbocycles. The number of hydrogen-bond acceptors (Lipinski definition) is 2. The minimum absolute atomic E-state index is 0.131. The lowest BCUT2D eigenvalue weighted by atomic mass is 9.83. The summed E-state index contributed by atoms with van der Waals surface area (Å²) in [5.41, 5.74) is 8.39. The molecule has 1 rings (SSSR count). The van der Waals surface area contributed by atoms with Crippen molar-refractivity contribution in [1.29, 1.82) is 0 Å². The molecule has 1 atom stereocenters. The van der Waals surface area contributed by atoms with Crippen LogP contribution >= 0.6 is 0 Å². The number of aryl methyl sites for hydroxylation is 1. The van der Waals surface area contributed by atoms with E-state index in [1.54, 1.807) is 6.07 Å². The van der Waals surface area contributed by atoms with Gasteiger partial charge in [0.2, 0.25) is 0 Å². The molecule has 0 radical (unpaired) electrons. The van der Waals surface area contributed by atoms with Crippen LogP contribution in [-0.2, 0) is 4.79 Å². The van der Waals surface area contributed by atoms with Crippen LogP contribution in [0.15, 0.2) is 18.2 Å². The van der Waals surface area contributed by atoms with Gasteiger partial charge in [0.25, 0.3) is 0 Å². The molecule has 3 nitrogen and oxygen atoms in total. The topological polar surface area (TPSA) is 63.3 Å². The fourth-order valence-corrected chi connectivity index (χ4v) is 1.99. The van der Waals surface area contributed by atoms with E-state index in [9.17, 15) is 9.90 Å². The van der Waals surface area contributed by atoms with Crippen molar-refractivity contribution in [2.24, 2.45) is 5.41 Å². The molecule has 3 heteroatoms. The van der Waals surface area contributed by atoms with E-state index in [1.165, 1.54) is 0 Å². The normalized spacial score (nSPS) is 13.3. The van der Waals surface area contributed by atoms with Crippen LogP contribution in [0.3, 0.4) is 0 Å². The maximum Gasteiger partial charge on any atom is 0.311 e. The summed E-state index contributed by atoms with van der Waals surface area (Å²) >= 11 is 0. The second-order valence-corrected chi connectivity index (χ2v) is 6.12. The zero-order valence-corrected chi connectivity index (χ0v) is 11.7. The first-order chi connectivity index (χ1) is 8.20. The highest BCUT2D eigenvalue weighted by Crippen LogP contribution is 2.32. The first-order valence-corrected chi connectivity index (χ1v) is 6.29. The zero-order valence-electron chi connectivity index (χ0n) is 11.7. The van der Waals surface area contributed by atoms with Gasteiger partial charge in [-0.25, -0.2) is 0 Å². The SMILES string of the molecule is Cc1ccc(N)c(C(CCC(C)(C)C)C(=O)O)c1. The van der Waals surface area contributed by atoms with Crippen LogP contribution in [0.1, 0.15) is 50.7 Å². The molecule has 0 aliphatic rings. The van der Waals surface area contributed by atoms with Gasteiger partial charge >= 0.3 is 5.97 Å². The lowest BCUT2D eigenvalue weighted by molar-refractivity contribution is -0.139. The molecule has 100 valence electrons. The molecule has 0 aliphatic carbocycles. The first kappa shape index (κ1) is 14.6. The van der Waals surface area contributed by atoms with E-state index in [0.29, 0.717) is 12.1 Å². The summed E-state index contributed by atoms with van der Waals surface area (Å²) in [7, 11) is 0. The second-order valence-electron chi connectivity index (χ2n) is 6.12. The smallest absolute Gasteiger partial charge is 0.311 e. The molecule has 1 aromatic rings. The Labute approximate surface area is 109 Å². The molecule has 3 N–H and O–H groups in total. The Kier molecular flexibility index (Phi) is 4.38. The number of anilines is 1. The number of carboxylic acid groups (broad SMARTS) is 1. The Morgan fingerprint density at radius 3 is 2.50 bits per heavy atom. The Hall–Kier alpha value is -1.51. The minimum Gasteiger partial charge on any atom is -0.481 e. The maximum absolute atomic E-state index is 11.4. The Balaban J connectivity index is 2.98. The minimum atomic E-state index is -0.795. The van der Waals surface area contributed by atoms with Gasteiger partial charge in [-0.1, -0.05) is 38.5 Å². The van der Waals surface area contributed by atoms with Crippen LogP contribution in [0, 0.1) is 12.3 Å². The van der Waals surface area contributed by atoms with E-state index in [2.05, 4.69) is 20.8 Å². The number of nitrogen functional groups attached to an aromatic ring is 1. The molecule has 0 saturated heterocycles. The first-order valence-electron chi connectivity index (χ1n) is 6.29. The van der Waals surface area contributed by atoms with E-state index in [1.807, 2.05) is 19.1 Å². The summed E-state index contributed by atoms with van der Waals surface area (Å²) in [6.07, 6.45) is 1.48. The van der Waals surface area contributed by atoms with Crippen LogP contribution in [0.5, 0.6) is 0 Å². The lowest BCUT2D eigenvalue weighted by Gasteiger charge is -2.22. The van der Waals surface area contributed by atoms with Crippen LogP contribution in [-0.4, -0.2) is 11.1 Å². The van der Waals surface area contributed by atoms with E-state index in [-0.39, 0.29) is 5.41 Å². The molecule has 0 spiro atoms. The van der Waals surface area contributed by atoms with Gasteiger partial charge in [-0.3, -0.25) is 4.79 Å². The van der Waals surface area contributed by atoms with Gasteiger partial charge in [-0.15, -0.1) is 0 Å². The number of nitrogens with two attached hydrogens (primary N) is 1. The van der Waals surface area contributed by atoms with Crippen molar-refractivity contribution < 1.29 is 9.90 Å². The molecular formula is C15H23NO2. The van der Waals surface area contributed by atoms with Crippen LogP contribution in [0.4, 0.5) is 5.69 Å². The van der Waals surface area contributed by atoms with Crippen molar-refractivity contribution in [2.75, 3.05) is 5.73 Å². The fourth-order valence-electron chi connectivity index (χ4n) is 1.99. The monoisotopic (exact) mass is 249 g/mol. The Bertz CT molecular complexity index is 433. The molecule has 0 amide bonds. The largest absolute Gasteiger partial charge is 0.481 e. The summed E-state index contributed by atoms with van der Waals surface area (Å²) in [6.45, 7) is 8.30. The summed E-state index contributed by atoms with van der Waals surface area (Å²) in [6, 6.07) is 5.58. The zero-order chi connectivity index (χ0) is 13.9. The maximum atomic E-state index is 11.4. The van der Waals surface area contributed by atoms with E-state index < -0.39 is 11.9 Å². The van der Waals surface area contributed by atoms with Crippen molar-refractivity contribution in [2.45, 2.75) is 46.5 Å².